The number of carboxylic acids is 3. The number of aliphatic hydroxyl groups is 3. The van der Waals surface area contributed by atoms with Gasteiger partial charge in [-0.05, 0) is 6.92 Å². The van der Waals surface area contributed by atoms with Crippen molar-refractivity contribution < 1.29 is 45.0 Å². The molecule has 108 valence electrons. The van der Waals surface area contributed by atoms with E-state index in [1.807, 2.05) is 0 Å². The average Bonchev–Trinajstić information content (AvgIpc) is 2.15. The van der Waals surface area contributed by atoms with E-state index in [0.29, 0.717) is 0 Å². The third-order valence-electron chi connectivity index (χ3n) is 1.52. The number of carbonyl (C=O) groups excluding carboxylic acids is 3. The van der Waals surface area contributed by atoms with Gasteiger partial charge in [-0.15, -0.1) is 0 Å². The van der Waals surface area contributed by atoms with Crippen LogP contribution in [0.5, 0.6) is 0 Å². The quantitative estimate of drug-likeness (QED) is 0.316. The molecule has 0 fully saturated rings. The van der Waals surface area contributed by atoms with E-state index in [1.54, 1.807) is 0 Å². The summed E-state index contributed by atoms with van der Waals surface area (Å²) in [5, 5.41) is 54.9. The first kappa shape index (κ1) is 23.3. The molecule has 2 radical (unpaired) electrons. The fourth-order valence-corrected chi connectivity index (χ4v) is 0.684. The maximum atomic E-state index is 10.1. The van der Waals surface area contributed by atoms with Crippen molar-refractivity contribution in [1.29, 1.82) is 0 Å². The van der Waals surface area contributed by atoms with E-state index >= 15 is 0 Å². The molecule has 0 aliphatic rings. The summed E-state index contributed by atoms with van der Waals surface area (Å²) in [7, 11) is 0. The molecule has 0 spiro atoms. The van der Waals surface area contributed by atoms with Gasteiger partial charge in [-0.2, -0.15) is 0 Å². The number of hydrogen-bond acceptors (Lipinski definition) is 9. The SMILES string of the molecule is CC(O)CO.O=C([O-])CC(O)(CC(=O)[O-])C(=O)[O-].[Bi+3]. The van der Waals surface area contributed by atoms with Crippen LogP contribution in [-0.4, -0.2) is 77.7 Å². The molecule has 0 aromatic heterocycles. The zero-order valence-electron chi connectivity index (χ0n) is 9.94. The van der Waals surface area contributed by atoms with Crippen LogP contribution in [0.25, 0.3) is 0 Å². The number of hydrogen-bond donors (Lipinski definition) is 3. The molecule has 0 saturated heterocycles. The summed E-state index contributed by atoms with van der Waals surface area (Å²) in [5.74, 6) is -5.98. The molecule has 19 heavy (non-hydrogen) atoms. The van der Waals surface area contributed by atoms with Gasteiger partial charge >= 0.3 is 26.2 Å². The summed E-state index contributed by atoms with van der Waals surface area (Å²) in [5.41, 5.74) is -2.97. The van der Waals surface area contributed by atoms with Gasteiger partial charge in [0.05, 0.1) is 18.7 Å². The fraction of sp³-hybridized carbons (Fsp3) is 0.667. The summed E-state index contributed by atoms with van der Waals surface area (Å²) in [6, 6.07) is 0. The third kappa shape index (κ3) is 13.4. The van der Waals surface area contributed by atoms with E-state index < -0.39 is 42.5 Å². The van der Waals surface area contributed by atoms with Crippen LogP contribution in [0.2, 0.25) is 0 Å². The van der Waals surface area contributed by atoms with E-state index in [1.165, 1.54) is 6.92 Å². The molecule has 9 nitrogen and oxygen atoms in total. The summed E-state index contributed by atoms with van der Waals surface area (Å²) in [6.07, 6.45) is -3.28. The van der Waals surface area contributed by atoms with Crippen molar-refractivity contribution in [2.45, 2.75) is 31.5 Å². The first-order valence-electron chi connectivity index (χ1n) is 4.67. The van der Waals surface area contributed by atoms with Gasteiger partial charge in [0.25, 0.3) is 0 Å². The van der Waals surface area contributed by atoms with Gasteiger partial charge in [0, 0.05) is 24.8 Å². The Balaban J connectivity index is -0.000000366. The topological polar surface area (TPSA) is 181 Å². The molecular weight excluding hydrogens is 461 g/mol. The largest absolute Gasteiger partial charge is 3.00 e. The Bertz CT molecular complexity index is 286. The van der Waals surface area contributed by atoms with Gasteiger partial charge in [-0.1, -0.05) is 0 Å². The summed E-state index contributed by atoms with van der Waals surface area (Å²) in [6.45, 7) is 1.39. The zero-order chi connectivity index (χ0) is 14.9. The molecular formula is C9H13BiO9. The fourth-order valence-electron chi connectivity index (χ4n) is 0.684. The molecule has 10 heteroatoms. The second-order valence-corrected chi connectivity index (χ2v) is 3.45. The van der Waals surface area contributed by atoms with E-state index in [2.05, 4.69) is 0 Å². The van der Waals surface area contributed by atoms with Crippen LogP contribution in [0.3, 0.4) is 0 Å². The van der Waals surface area contributed by atoms with Crippen LogP contribution in [0.15, 0.2) is 0 Å². The van der Waals surface area contributed by atoms with E-state index in [4.69, 9.17) is 15.3 Å². The number of aliphatic carboxylic acids is 3. The standard InChI is InChI=1S/C6H8O7.C3H8O2.Bi/c7-3(8)1-6(13,5(11)12)2-4(9)10;1-3(5)2-4;/h13H,1-2H2,(H,7,8)(H,9,10)(H,11,12);3-5H,2H2,1H3;/q;;+3/p-3. The minimum absolute atomic E-state index is 0. The number of carboxylic acid groups (broad SMARTS) is 3. The van der Waals surface area contributed by atoms with E-state index in [0.717, 1.165) is 0 Å². The maximum absolute atomic E-state index is 10.1. The van der Waals surface area contributed by atoms with Crippen molar-refractivity contribution in [1.82, 2.24) is 0 Å². The first-order valence-corrected chi connectivity index (χ1v) is 4.67. The number of carbonyl (C=O) groups is 3. The molecule has 1 atom stereocenters. The molecule has 1 unspecified atom stereocenters. The molecule has 0 bridgehead atoms. The zero-order valence-corrected chi connectivity index (χ0v) is 13.4. The van der Waals surface area contributed by atoms with Crippen molar-refractivity contribution in [2.24, 2.45) is 0 Å². The Hall–Kier alpha value is -0.827. The van der Waals surface area contributed by atoms with Gasteiger partial charge in [0.1, 0.15) is 5.60 Å². The Morgan fingerprint density at radius 1 is 1.11 bits per heavy atom. The Kier molecular flexibility index (Phi) is 13.5. The Morgan fingerprint density at radius 3 is 1.47 bits per heavy atom. The van der Waals surface area contributed by atoms with Crippen LogP contribution >= 0.6 is 0 Å². The molecule has 0 aromatic carbocycles. The molecule has 3 N–H and O–H groups in total. The van der Waals surface area contributed by atoms with Crippen LogP contribution in [0.1, 0.15) is 19.8 Å². The van der Waals surface area contributed by atoms with Crippen molar-refractivity contribution in [3.8, 4) is 0 Å². The molecule has 0 amide bonds. The van der Waals surface area contributed by atoms with Crippen LogP contribution in [0, 0.1) is 0 Å². The number of aliphatic hydroxyl groups excluding tert-OH is 2. The van der Waals surface area contributed by atoms with Crippen molar-refractivity contribution >= 4 is 44.1 Å². The van der Waals surface area contributed by atoms with Gasteiger partial charge in [0.15, 0.2) is 0 Å². The normalized spacial score (nSPS) is 11.4. The molecule has 0 saturated carbocycles. The first-order chi connectivity index (χ1) is 8.05. The van der Waals surface area contributed by atoms with Crippen molar-refractivity contribution in [2.75, 3.05) is 6.61 Å². The smallest absolute Gasteiger partial charge is 0.550 e. The Labute approximate surface area is 127 Å². The molecule has 0 heterocycles. The summed E-state index contributed by atoms with van der Waals surface area (Å²) < 4.78 is 0. The minimum atomic E-state index is -2.97. The van der Waals surface area contributed by atoms with Crippen molar-refractivity contribution in [3.05, 3.63) is 0 Å². The third-order valence-corrected chi connectivity index (χ3v) is 1.52. The minimum Gasteiger partial charge on any atom is -0.550 e. The van der Waals surface area contributed by atoms with Crippen LogP contribution in [-0.2, 0) is 14.4 Å². The monoisotopic (exact) mass is 474 g/mol. The van der Waals surface area contributed by atoms with E-state index in [-0.39, 0.29) is 32.8 Å². The predicted octanol–water partition coefficient (Wildman–Crippen LogP) is -6.27. The summed E-state index contributed by atoms with van der Waals surface area (Å²) in [4.78, 5) is 30.0. The second-order valence-electron chi connectivity index (χ2n) is 3.45. The second kappa shape index (κ2) is 11.0. The molecule has 0 rings (SSSR count). The Morgan fingerprint density at radius 2 is 1.37 bits per heavy atom. The predicted molar refractivity (Wildman–Crippen MR) is 53.7 cm³/mol. The number of rotatable bonds is 6. The van der Waals surface area contributed by atoms with Crippen molar-refractivity contribution in [3.63, 3.8) is 0 Å². The van der Waals surface area contributed by atoms with Gasteiger partial charge < -0.3 is 45.0 Å². The molecule has 0 aliphatic carbocycles. The van der Waals surface area contributed by atoms with E-state index in [9.17, 15) is 29.7 Å². The molecule has 0 aromatic rings. The molecule has 0 aliphatic heterocycles. The van der Waals surface area contributed by atoms with Gasteiger partial charge in [-0.25, -0.2) is 0 Å². The average molecular weight is 474 g/mol. The van der Waals surface area contributed by atoms with Gasteiger partial charge in [-0.3, -0.25) is 0 Å². The van der Waals surface area contributed by atoms with Crippen LogP contribution in [0.4, 0.5) is 0 Å². The maximum Gasteiger partial charge on any atom is 3.00 e. The summed E-state index contributed by atoms with van der Waals surface area (Å²) >= 11 is 0. The van der Waals surface area contributed by atoms with Gasteiger partial charge in [0.2, 0.25) is 0 Å². The van der Waals surface area contributed by atoms with Crippen LogP contribution < -0.4 is 15.3 Å².